The smallest absolute Gasteiger partial charge is 0.155 e. The molecule has 1 atom stereocenters. The Balaban J connectivity index is 2.64. The van der Waals surface area contributed by atoms with Gasteiger partial charge in [0, 0.05) is 18.2 Å². The molecule has 0 fully saturated rings. The van der Waals surface area contributed by atoms with Crippen molar-refractivity contribution >= 4 is 5.65 Å². The molecule has 4 nitrogen and oxygen atoms in total. The van der Waals surface area contributed by atoms with Gasteiger partial charge in [-0.05, 0) is 19.1 Å². The number of nitrogens with zero attached hydrogens (tertiary/aromatic N) is 3. The van der Waals surface area contributed by atoms with Crippen LogP contribution in [-0.2, 0) is 0 Å². The number of pyridine rings is 1. The van der Waals surface area contributed by atoms with Gasteiger partial charge in [-0.25, -0.2) is 9.50 Å². The number of fused-ring (bicyclic) bond motifs is 1. The monoisotopic (exact) mass is 190 g/mol. The Morgan fingerprint density at radius 1 is 1.50 bits per heavy atom. The van der Waals surface area contributed by atoms with E-state index < -0.39 is 0 Å². The summed E-state index contributed by atoms with van der Waals surface area (Å²) in [5.41, 5.74) is 7.65. The highest BCUT2D eigenvalue weighted by molar-refractivity contribution is 5.39. The molecule has 2 aromatic heterocycles. The van der Waals surface area contributed by atoms with Crippen LogP contribution >= 0.6 is 0 Å². The van der Waals surface area contributed by atoms with Crippen molar-refractivity contribution in [3.05, 3.63) is 29.7 Å². The fourth-order valence-electron chi connectivity index (χ4n) is 1.53. The van der Waals surface area contributed by atoms with Gasteiger partial charge in [0.05, 0.1) is 0 Å². The molecule has 0 bridgehead atoms. The Morgan fingerprint density at radius 2 is 2.29 bits per heavy atom. The SMILES string of the molecule is Cc1nc2cccc(C(C)CN)n2n1. The number of aryl methyl sites for hydroxylation is 1. The first kappa shape index (κ1) is 9.15. The van der Waals surface area contributed by atoms with E-state index in [2.05, 4.69) is 17.0 Å². The number of aromatic nitrogens is 3. The zero-order valence-corrected chi connectivity index (χ0v) is 8.44. The molecule has 2 N–H and O–H groups in total. The lowest BCUT2D eigenvalue weighted by Crippen LogP contribution is -2.12. The second kappa shape index (κ2) is 3.38. The van der Waals surface area contributed by atoms with Gasteiger partial charge in [-0.3, -0.25) is 0 Å². The van der Waals surface area contributed by atoms with Crippen molar-refractivity contribution in [1.82, 2.24) is 14.6 Å². The first-order valence-electron chi connectivity index (χ1n) is 4.74. The summed E-state index contributed by atoms with van der Waals surface area (Å²) in [6.07, 6.45) is 0. The topological polar surface area (TPSA) is 56.2 Å². The van der Waals surface area contributed by atoms with Crippen LogP contribution in [-0.4, -0.2) is 21.1 Å². The average molecular weight is 190 g/mol. The molecule has 0 saturated heterocycles. The van der Waals surface area contributed by atoms with Crippen LogP contribution in [0.25, 0.3) is 5.65 Å². The summed E-state index contributed by atoms with van der Waals surface area (Å²) in [4.78, 5) is 4.30. The second-order valence-electron chi connectivity index (χ2n) is 3.52. The Labute approximate surface area is 82.8 Å². The third-order valence-corrected chi connectivity index (χ3v) is 2.35. The molecule has 0 spiro atoms. The maximum Gasteiger partial charge on any atom is 0.155 e. The van der Waals surface area contributed by atoms with E-state index >= 15 is 0 Å². The molecule has 2 rings (SSSR count). The lowest BCUT2D eigenvalue weighted by molar-refractivity contribution is 0.702. The Kier molecular flexibility index (Phi) is 2.21. The van der Waals surface area contributed by atoms with Gasteiger partial charge in [0.25, 0.3) is 0 Å². The molecule has 0 aliphatic heterocycles. The third-order valence-electron chi connectivity index (χ3n) is 2.35. The molecule has 2 heterocycles. The molecule has 0 aromatic carbocycles. The highest BCUT2D eigenvalue weighted by Crippen LogP contribution is 2.14. The lowest BCUT2D eigenvalue weighted by Gasteiger charge is -2.09. The molecule has 74 valence electrons. The molecule has 14 heavy (non-hydrogen) atoms. The summed E-state index contributed by atoms with van der Waals surface area (Å²) in [6, 6.07) is 5.98. The van der Waals surface area contributed by atoms with Crippen LogP contribution in [0.4, 0.5) is 0 Å². The van der Waals surface area contributed by atoms with Crippen molar-refractivity contribution in [3.8, 4) is 0 Å². The van der Waals surface area contributed by atoms with Crippen LogP contribution in [0, 0.1) is 6.92 Å². The van der Waals surface area contributed by atoms with Gasteiger partial charge in [-0.2, -0.15) is 5.10 Å². The van der Waals surface area contributed by atoms with Gasteiger partial charge in [0.15, 0.2) is 5.65 Å². The van der Waals surface area contributed by atoms with Crippen molar-refractivity contribution < 1.29 is 0 Å². The van der Waals surface area contributed by atoms with Crippen molar-refractivity contribution in [2.24, 2.45) is 5.73 Å². The number of rotatable bonds is 2. The summed E-state index contributed by atoms with van der Waals surface area (Å²) in [6.45, 7) is 4.60. The number of nitrogens with two attached hydrogens (primary N) is 1. The van der Waals surface area contributed by atoms with E-state index in [0.717, 1.165) is 17.2 Å². The predicted molar refractivity (Wildman–Crippen MR) is 55.2 cm³/mol. The van der Waals surface area contributed by atoms with Crippen LogP contribution in [0.3, 0.4) is 0 Å². The first-order valence-corrected chi connectivity index (χ1v) is 4.74. The van der Waals surface area contributed by atoms with Gasteiger partial charge < -0.3 is 5.73 Å². The fourth-order valence-corrected chi connectivity index (χ4v) is 1.53. The minimum atomic E-state index is 0.305. The van der Waals surface area contributed by atoms with Crippen LogP contribution in [0.1, 0.15) is 24.4 Å². The number of hydrogen-bond acceptors (Lipinski definition) is 3. The van der Waals surface area contributed by atoms with E-state index in [0.29, 0.717) is 12.5 Å². The van der Waals surface area contributed by atoms with Crippen molar-refractivity contribution in [1.29, 1.82) is 0 Å². The lowest BCUT2D eigenvalue weighted by atomic mass is 10.1. The second-order valence-corrected chi connectivity index (χ2v) is 3.52. The van der Waals surface area contributed by atoms with E-state index in [9.17, 15) is 0 Å². The molecular formula is C10H14N4. The largest absolute Gasteiger partial charge is 0.330 e. The van der Waals surface area contributed by atoms with Crippen molar-refractivity contribution in [3.63, 3.8) is 0 Å². The molecule has 0 saturated carbocycles. The Morgan fingerprint density at radius 3 is 3.00 bits per heavy atom. The highest BCUT2D eigenvalue weighted by Gasteiger charge is 2.09. The van der Waals surface area contributed by atoms with Gasteiger partial charge >= 0.3 is 0 Å². The van der Waals surface area contributed by atoms with E-state index in [1.165, 1.54) is 0 Å². The zero-order valence-electron chi connectivity index (χ0n) is 8.44. The minimum absolute atomic E-state index is 0.305. The highest BCUT2D eigenvalue weighted by atomic mass is 15.3. The average Bonchev–Trinajstić information content (AvgIpc) is 2.56. The molecule has 0 aliphatic carbocycles. The molecule has 2 aromatic rings. The Bertz CT molecular complexity index is 446. The summed E-state index contributed by atoms with van der Waals surface area (Å²) < 4.78 is 1.87. The fraction of sp³-hybridized carbons (Fsp3) is 0.400. The van der Waals surface area contributed by atoms with Gasteiger partial charge in [0.2, 0.25) is 0 Å². The molecule has 0 radical (unpaired) electrons. The molecule has 4 heteroatoms. The van der Waals surface area contributed by atoms with Crippen molar-refractivity contribution in [2.75, 3.05) is 6.54 Å². The van der Waals surface area contributed by atoms with E-state index in [-0.39, 0.29) is 0 Å². The maximum atomic E-state index is 5.64. The van der Waals surface area contributed by atoms with Crippen molar-refractivity contribution in [2.45, 2.75) is 19.8 Å². The minimum Gasteiger partial charge on any atom is -0.330 e. The summed E-state index contributed by atoms with van der Waals surface area (Å²) in [5.74, 6) is 1.10. The predicted octanol–water partition coefficient (Wildman–Crippen LogP) is 1.10. The standard InChI is InChI=1S/C10H14N4/c1-7(6-11)9-4-3-5-10-12-8(2)13-14(9)10/h3-5,7H,6,11H2,1-2H3. The van der Waals surface area contributed by atoms with Gasteiger partial charge in [0.1, 0.15) is 5.82 Å². The van der Waals surface area contributed by atoms with Crippen LogP contribution in [0.2, 0.25) is 0 Å². The van der Waals surface area contributed by atoms with E-state index in [1.807, 2.05) is 29.6 Å². The molecule has 0 aliphatic rings. The third kappa shape index (κ3) is 1.37. The normalized spacial score (nSPS) is 13.4. The van der Waals surface area contributed by atoms with E-state index in [1.54, 1.807) is 0 Å². The molecule has 1 unspecified atom stereocenters. The van der Waals surface area contributed by atoms with Crippen LogP contribution < -0.4 is 5.73 Å². The van der Waals surface area contributed by atoms with Gasteiger partial charge in [-0.15, -0.1) is 0 Å². The van der Waals surface area contributed by atoms with Crippen LogP contribution in [0.5, 0.6) is 0 Å². The summed E-state index contributed by atoms with van der Waals surface area (Å²) in [5, 5.41) is 4.33. The Hall–Kier alpha value is -1.42. The quantitative estimate of drug-likeness (QED) is 0.771. The van der Waals surface area contributed by atoms with Crippen LogP contribution in [0.15, 0.2) is 18.2 Å². The van der Waals surface area contributed by atoms with E-state index in [4.69, 9.17) is 5.73 Å². The summed E-state index contributed by atoms with van der Waals surface area (Å²) >= 11 is 0. The maximum absolute atomic E-state index is 5.64. The molecule has 0 amide bonds. The zero-order chi connectivity index (χ0) is 10.1. The van der Waals surface area contributed by atoms with Gasteiger partial charge in [-0.1, -0.05) is 13.0 Å². The first-order chi connectivity index (χ1) is 6.72. The number of hydrogen-bond donors (Lipinski definition) is 1. The summed E-state index contributed by atoms with van der Waals surface area (Å²) in [7, 11) is 0. The molecular weight excluding hydrogens is 176 g/mol.